The third kappa shape index (κ3) is 8.81. The molecule has 0 saturated heterocycles. The predicted octanol–water partition coefficient (Wildman–Crippen LogP) is 4.34. The number of methoxy groups -OCH3 is 1. The number of nitrogens with zero attached hydrogens (tertiary/aromatic N) is 2. The van der Waals surface area contributed by atoms with E-state index in [1.165, 1.54) is 16.3 Å². The van der Waals surface area contributed by atoms with Crippen LogP contribution in [0.1, 0.15) is 46.1 Å². The van der Waals surface area contributed by atoms with Crippen LogP contribution in [0.15, 0.2) is 53.0 Å². The second-order valence-electron chi connectivity index (χ2n) is 9.68. The number of anilines is 1. The molecule has 0 aromatic heterocycles. The molecule has 0 fully saturated rings. The van der Waals surface area contributed by atoms with Crippen molar-refractivity contribution in [3.8, 4) is 5.75 Å². The zero-order valence-electron chi connectivity index (χ0n) is 21.7. The Balaban J connectivity index is 2.22. The summed E-state index contributed by atoms with van der Waals surface area (Å²) in [6.07, 6.45) is 1.47. The van der Waals surface area contributed by atoms with Crippen molar-refractivity contribution in [2.24, 2.45) is 0 Å². The van der Waals surface area contributed by atoms with Gasteiger partial charge < -0.3 is 15.0 Å². The second kappa shape index (κ2) is 12.6. The predicted molar refractivity (Wildman–Crippen MR) is 146 cm³/mol. The summed E-state index contributed by atoms with van der Waals surface area (Å²) in [5.41, 5.74) is 0.847. The van der Waals surface area contributed by atoms with Crippen molar-refractivity contribution in [1.29, 1.82) is 0 Å². The summed E-state index contributed by atoms with van der Waals surface area (Å²) >= 11 is 3.45. The zero-order chi connectivity index (χ0) is 27.1. The molecule has 1 atom stereocenters. The highest BCUT2D eigenvalue weighted by Crippen LogP contribution is 2.29. The molecule has 1 N–H and O–H groups in total. The molecule has 36 heavy (non-hydrogen) atoms. The number of halogens is 1. The number of carbonyl (C=O) groups excluding carboxylic acids is 2. The molecule has 8 nitrogen and oxygen atoms in total. The van der Waals surface area contributed by atoms with Crippen molar-refractivity contribution in [1.82, 2.24) is 10.2 Å². The van der Waals surface area contributed by atoms with Crippen molar-refractivity contribution >= 4 is 43.5 Å². The quantitative estimate of drug-likeness (QED) is 0.426. The van der Waals surface area contributed by atoms with Gasteiger partial charge in [-0.2, -0.15) is 0 Å². The van der Waals surface area contributed by atoms with Gasteiger partial charge in [-0.1, -0.05) is 40.2 Å². The molecule has 0 aliphatic heterocycles. The van der Waals surface area contributed by atoms with Crippen molar-refractivity contribution in [2.45, 2.75) is 58.7 Å². The van der Waals surface area contributed by atoms with Gasteiger partial charge in [-0.15, -0.1) is 0 Å². The molecule has 0 aliphatic rings. The Morgan fingerprint density at radius 1 is 1.11 bits per heavy atom. The standard InChI is InChI=1S/C26H36BrN3O5S/c1-19(25(32)28-26(2,3)4)29(18-20-11-9-12-21(27)17-20)24(31)15-10-16-30(36(6,33)34)22-13-7-8-14-23(22)35-5/h7-9,11-14,17,19H,10,15-16,18H2,1-6H3,(H,28,32)/t19-/m0/s1. The minimum absolute atomic E-state index is 0.0717. The Bertz CT molecular complexity index is 1160. The molecule has 2 aromatic rings. The maximum absolute atomic E-state index is 13.4. The van der Waals surface area contributed by atoms with Crippen LogP contribution in [0.3, 0.4) is 0 Å². The van der Waals surface area contributed by atoms with Crippen LogP contribution in [0.4, 0.5) is 5.69 Å². The SMILES string of the molecule is COc1ccccc1N(CCCC(=O)N(Cc1cccc(Br)c1)[C@@H](C)C(=O)NC(C)(C)C)S(C)(=O)=O. The van der Waals surface area contributed by atoms with E-state index in [2.05, 4.69) is 21.2 Å². The van der Waals surface area contributed by atoms with E-state index in [1.807, 2.05) is 45.0 Å². The van der Waals surface area contributed by atoms with Gasteiger partial charge >= 0.3 is 0 Å². The molecule has 0 aliphatic carbocycles. The van der Waals surface area contributed by atoms with Crippen molar-refractivity contribution in [3.05, 3.63) is 58.6 Å². The molecule has 0 radical (unpaired) electrons. The third-order valence-electron chi connectivity index (χ3n) is 5.41. The maximum atomic E-state index is 13.4. The van der Waals surface area contributed by atoms with Crippen LogP contribution in [0, 0.1) is 0 Å². The van der Waals surface area contributed by atoms with Crippen LogP contribution >= 0.6 is 15.9 Å². The Hall–Kier alpha value is -2.59. The minimum Gasteiger partial charge on any atom is -0.495 e. The summed E-state index contributed by atoms with van der Waals surface area (Å²) < 4.78 is 32.5. The van der Waals surface area contributed by atoms with E-state index in [9.17, 15) is 18.0 Å². The lowest BCUT2D eigenvalue weighted by molar-refractivity contribution is -0.141. The van der Waals surface area contributed by atoms with Gasteiger partial charge in [0, 0.05) is 29.5 Å². The molecule has 0 unspecified atom stereocenters. The Morgan fingerprint density at radius 3 is 2.36 bits per heavy atom. The number of sulfonamides is 1. The topological polar surface area (TPSA) is 96.0 Å². The van der Waals surface area contributed by atoms with Gasteiger partial charge in [-0.3, -0.25) is 13.9 Å². The van der Waals surface area contributed by atoms with E-state index in [-0.39, 0.29) is 37.7 Å². The van der Waals surface area contributed by atoms with E-state index in [1.54, 1.807) is 31.2 Å². The fourth-order valence-corrected chi connectivity index (χ4v) is 5.12. The fourth-order valence-electron chi connectivity index (χ4n) is 3.71. The lowest BCUT2D eigenvalue weighted by Crippen LogP contribution is -2.52. The van der Waals surface area contributed by atoms with Crippen LogP contribution in [0.2, 0.25) is 0 Å². The number of rotatable bonds is 11. The number of benzene rings is 2. The molecule has 0 saturated carbocycles. The number of amides is 2. The molecule has 0 bridgehead atoms. The molecular formula is C26H36BrN3O5S. The number of hydrogen-bond acceptors (Lipinski definition) is 5. The number of carbonyl (C=O) groups is 2. The highest BCUT2D eigenvalue weighted by atomic mass is 79.9. The third-order valence-corrected chi connectivity index (χ3v) is 7.09. The van der Waals surface area contributed by atoms with E-state index < -0.39 is 21.6 Å². The average molecular weight is 583 g/mol. The van der Waals surface area contributed by atoms with Gasteiger partial charge in [-0.25, -0.2) is 8.42 Å². The lowest BCUT2D eigenvalue weighted by atomic mass is 10.1. The van der Waals surface area contributed by atoms with Gasteiger partial charge in [0.05, 0.1) is 19.1 Å². The molecule has 198 valence electrons. The van der Waals surface area contributed by atoms with Gasteiger partial charge in [0.1, 0.15) is 11.8 Å². The summed E-state index contributed by atoms with van der Waals surface area (Å²) in [6, 6.07) is 13.7. The highest BCUT2D eigenvalue weighted by molar-refractivity contribution is 9.10. The normalized spacial score (nSPS) is 12.5. The molecule has 0 spiro atoms. The van der Waals surface area contributed by atoms with E-state index in [4.69, 9.17) is 4.74 Å². The van der Waals surface area contributed by atoms with Crippen LogP contribution in [-0.4, -0.2) is 56.6 Å². The Kier molecular flexibility index (Phi) is 10.4. The number of nitrogens with one attached hydrogen (secondary N) is 1. The summed E-state index contributed by atoms with van der Waals surface area (Å²) in [5.74, 6) is -0.0596. The maximum Gasteiger partial charge on any atom is 0.242 e. The van der Waals surface area contributed by atoms with Crippen LogP contribution in [0.5, 0.6) is 5.75 Å². The highest BCUT2D eigenvalue weighted by Gasteiger charge is 2.29. The molecule has 2 amide bonds. The summed E-state index contributed by atoms with van der Waals surface area (Å²) in [4.78, 5) is 27.8. The zero-order valence-corrected chi connectivity index (χ0v) is 24.1. The minimum atomic E-state index is -3.61. The lowest BCUT2D eigenvalue weighted by Gasteiger charge is -2.32. The Labute approximate surface area is 223 Å². The van der Waals surface area contributed by atoms with Gasteiger partial charge in [-0.05, 0) is 63.9 Å². The average Bonchev–Trinajstić information content (AvgIpc) is 2.78. The largest absolute Gasteiger partial charge is 0.495 e. The van der Waals surface area contributed by atoms with Crippen molar-refractivity contribution in [2.75, 3.05) is 24.2 Å². The van der Waals surface area contributed by atoms with E-state index >= 15 is 0 Å². The monoisotopic (exact) mass is 581 g/mol. The number of ether oxygens (including phenoxy) is 1. The summed E-state index contributed by atoms with van der Waals surface area (Å²) in [5, 5.41) is 2.94. The fraction of sp³-hybridized carbons (Fsp3) is 0.462. The van der Waals surface area contributed by atoms with Crippen molar-refractivity contribution in [3.63, 3.8) is 0 Å². The first-order valence-corrected chi connectivity index (χ1v) is 14.3. The molecule has 0 heterocycles. The molecule has 2 rings (SSSR count). The Morgan fingerprint density at radius 2 is 1.78 bits per heavy atom. The summed E-state index contributed by atoms with van der Waals surface area (Å²) in [6.45, 7) is 7.70. The molecule has 2 aromatic carbocycles. The van der Waals surface area contributed by atoms with Crippen LogP contribution < -0.4 is 14.4 Å². The van der Waals surface area contributed by atoms with Gasteiger partial charge in [0.25, 0.3) is 0 Å². The first-order valence-electron chi connectivity index (χ1n) is 11.7. The smallest absolute Gasteiger partial charge is 0.242 e. The van der Waals surface area contributed by atoms with Gasteiger partial charge in [0.15, 0.2) is 0 Å². The first kappa shape index (κ1) is 29.6. The number of hydrogen-bond donors (Lipinski definition) is 1. The van der Waals surface area contributed by atoms with Crippen LogP contribution in [0.25, 0.3) is 0 Å². The number of para-hydroxylation sites is 2. The molecule has 10 heteroatoms. The molecular weight excluding hydrogens is 546 g/mol. The second-order valence-corrected chi connectivity index (χ2v) is 12.5. The van der Waals surface area contributed by atoms with Gasteiger partial charge in [0.2, 0.25) is 21.8 Å². The first-order chi connectivity index (χ1) is 16.7. The van der Waals surface area contributed by atoms with E-state index in [0.717, 1.165) is 16.3 Å². The van der Waals surface area contributed by atoms with Crippen molar-refractivity contribution < 1.29 is 22.7 Å². The summed E-state index contributed by atoms with van der Waals surface area (Å²) in [7, 11) is -2.13. The van der Waals surface area contributed by atoms with E-state index in [0.29, 0.717) is 11.4 Å². The van der Waals surface area contributed by atoms with Crippen LogP contribution in [-0.2, 0) is 26.2 Å².